The molecular weight excluding hydrogens is 269 g/mol. The van der Waals surface area contributed by atoms with Crippen molar-refractivity contribution >= 4 is 0 Å². The second-order valence-electron chi connectivity index (χ2n) is 6.20. The van der Waals surface area contributed by atoms with E-state index >= 15 is 0 Å². The Balaban J connectivity index is -0.000000375. The fourth-order valence-electron chi connectivity index (χ4n) is 2.07. The van der Waals surface area contributed by atoms with Gasteiger partial charge >= 0.3 is 29.6 Å². The Labute approximate surface area is 150 Å². The summed E-state index contributed by atoms with van der Waals surface area (Å²) in [4.78, 5) is 0. The third-order valence-electron chi connectivity index (χ3n) is 3.18. The molecule has 114 valence electrons. The normalized spacial score (nSPS) is 10.1. The molecule has 1 N–H and O–H groups in total. The Bertz CT molecular complexity index is 152. The maximum absolute atomic E-state index is 2.29. The fourth-order valence-corrected chi connectivity index (χ4v) is 2.07. The standard InChI is InChI=1S/C15H34N.ClH.Na.H2O/c1-5-6-7-8-9-10-11-12-13-14-15-16(2,3)4;;;/h5-15H2,1-4H3;1H;;1H2/q+1;;+1;/p-2. The van der Waals surface area contributed by atoms with Crippen LogP contribution in [0.3, 0.4) is 0 Å². The predicted molar refractivity (Wildman–Crippen MR) is 76.7 cm³/mol. The number of rotatable bonds is 11. The summed E-state index contributed by atoms with van der Waals surface area (Å²) in [6.45, 7) is 3.62. The average Bonchev–Trinajstić information content (AvgIpc) is 2.19. The van der Waals surface area contributed by atoms with Gasteiger partial charge in [-0.15, -0.1) is 0 Å². The molecule has 0 radical (unpaired) electrons. The maximum atomic E-state index is 2.29. The molecule has 0 amide bonds. The summed E-state index contributed by atoms with van der Waals surface area (Å²) in [5.74, 6) is 0. The molecule has 0 rings (SSSR count). The average molecular weight is 304 g/mol. The number of halogens is 1. The van der Waals surface area contributed by atoms with Crippen molar-refractivity contribution in [3.8, 4) is 0 Å². The zero-order valence-electron chi connectivity index (χ0n) is 14.1. The Kier molecular flexibility index (Phi) is 28.7. The van der Waals surface area contributed by atoms with E-state index in [9.17, 15) is 0 Å². The largest absolute Gasteiger partial charge is 1.00 e. The molecule has 0 aromatic heterocycles. The third kappa shape index (κ3) is 28.2. The molecule has 0 atom stereocenters. The van der Waals surface area contributed by atoms with Crippen LogP contribution in [0.5, 0.6) is 0 Å². The van der Waals surface area contributed by atoms with Crippen LogP contribution in [0.1, 0.15) is 71.1 Å². The molecule has 0 aromatic rings. The zero-order valence-corrected chi connectivity index (χ0v) is 16.8. The molecule has 0 bridgehead atoms. The molecule has 19 heavy (non-hydrogen) atoms. The molecule has 0 aliphatic carbocycles. The second-order valence-corrected chi connectivity index (χ2v) is 6.20. The van der Waals surface area contributed by atoms with Crippen LogP contribution in [0.25, 0.3) is 0 Å². The van der Waals surface area contributed by atoms with Crippen molar-refractivity contribution in [2.45, 2.75) is 71.1 Å². The molecule has 0 heterocycles. The summed E-state index contributed by atoms with van der Waals surface area (Å²) in [6, 6.07) is 0. The predicted octanol–water partition coefficient (Wildman–Crippen LogP) is -1.56. The monoisotopic (exact) mass is 303 g/mol. The third-order valence-corrected chi connectivity index (χ3v) is 3.18. The fraction of sp³-hybridized carbons (Fsp3) is 1.00. The Hall–Kier alpha value is 1.21. The Morgan fingerprint density at radius 1 is 0.632 bits per heavy atom. The van der Waals surface area contributed by atoms with Crippen molar-refractivity contribution in [2.75, 3.05) is 27.7 Å². The first-order chi connectivity index (χ1) is 7.56. The molecule has 0 aromatic carbocycles. The smallest absolute Gasteiger partial charge is 1.00 e. The number of nitrogens with zero attached hydrogens (tertiary/aromatic N) is 1. The van der Waals surface area contributed by atoms with Gasteiger partial charge in [0.2, 0.25) is 0 Å². The Morgan fingerprint density at radius 3 is 1.26 bits per heavy atom. The van der Waals surface area contributed by atoms with Crippen molar-refractivity contribution in [3.05, 3.63) is 0 Å². The summed E-state index contributed by atoms with van der Waals surface area (Å²) in [5, 5.41) is 0. The molecular formula is C15H35ClNNaO. The van der Waals surface area contributed by atoms with Crippen LogP contribution in [0.2, 0.25) is 0 Å². The van der Waals surface area contributed by atoms with Gasteiger partial charge in [-0.05, 0) is 12.8 Å². The van der Waals surface area contributed by atoms with E-state index < -0.39 is 0 Å². The molecule has 0 unspecified atom stereocenters. The van der Waals surface area contributed by atoms with Crippen LogP contribution in [0, 0.1) is 0 Å². The second kappa shape index (κ2) is 19.2. The van der Waals surface area contributed by atoms with Gasteiger partial charge in [-0.1, -0.05) is 58.3 Å². The van der Waals surface area contributed by atoms with Crippen LogP contribution in [-0.4, -0.2) is 37.6 Å². The van der Waals surface area contributed by atoms with E-state index in [-0.39, 0.29) is 47.4 Å². The van der Waals surface area contributed by atoms with Gasteiger partial charge in [-0.3, -0.25) is 0 Å². The van der Waals surface area contributed by atoms with Gasteiger partial charge in [0.05, 0.1) is 27.7 Å². The van der Waals surface area contributed by atoms with E-state index in [1.165, 1.54) is 70.8 Å². The van der Waals surface area contributed by atoms with Gasteiger partial charge in [0, 0.05) is 0 Å². The summed E-state index contributed by atoms with van der Waals surface area (Å²) >= 11 is 0. The van der Waals surface area contributed by atoms with E-state index in [1.807, 2.05) is 0 Å². The number of hydrogen-bond donors (Lipinski definition) is 0. The van der Waals surface area contributed by atoms with Crippen LogP contribution in [0.15, 0.2) is 0 Å². The van der Waals surface area contributed by atoms with E-state index in [4.69, 9.17) is 0 Å². The summed E-state index contributed by atoms with van der Waals surface area (Å²) in [5.41, 5.74) is 0. The van der Waals surface area contributed by atoms with E-state index in [1.54, 1.807) is 0 Å². The molecule has 0 aliphatic heterocycles. The quantitative estimate of drug-likeness (QED) is 0.258. The number of hydrogen-bond acceptors (Lipinski definition) is 1. The van der Waals surface area contributed by atoms with Gasteiger partial charge in [-0.2, -0.15) is 0 Å². The van der Waals surface area contributed by atoms with E-state index in [0.29, 0.717) is 0 Å². The van der Waals surface area contributed by atoms with Gasteiger partial charge in [0.25, 0.3) is 0 Å². The minimum Gasteiger partial charge on any atom is -1.00 e. The number of quaternary nitrogens is 1. The van der Waals surface area contributed by atoms with Crippen LogP contribution >= 0.6 is 0 Å². The van der Waals surface area contributed by atoms with Crippen LogP contribution in [0.4, 0.5) is 0 Å². The molecule has 0 spiro atoms. The molecule has 0 saturated heterocycles. The Morgan fingerprint density at radius 2 is 0.947 bits per heavy atom. The molecule has 0 saturated carbocycles. The zero-order chi connectivity index (χ0) is 12.3. The topological polar surface area (TPSA) is 30.0 Å². The van der Waals surface area contributed by atoms with Crippen molar-refractivity contribution in [1.29, 1.82) is 0 Å². The molecule has 4 heteroatoms. The van der Waals surface area contributed by atoms with Crippen molar-refractivity contribution in [1.82, 2.24) is 0 Å². The molecule has 0 aliphatic rings. The van der Waals surface area contributed by atoms with Gasteiger partial charge < -0.3 is 22.4 Å². The van der Waals surface area contributed by atoms with Gasteiger partial charge in [0.15, 0.2) is 0 Å². The van der Waals surface area contributed by atoms with Crippen LogP contribution in [-0.2, 0) is 0 Å². The summed E-state index contributed by atoms with van der Waals surface area (Å²) < 4.78 is 1.12. The molecule has 0 fully saturated rings. The van der Waals surface area contributed by atoms with Crippen LogP contribution < -0.4 is 42.0 Å². The number of unbranched alkanes of at least 4 members (excludes halogenated alkanes) is 9. The van der Waals surface area contributed by atoms with E-state index in [0.717, 1.165) is 4.48 Å². The SMILES string of the molecule is CCCCCCCCCCCC[N+](C)(C)C.[Cl-].[Na+].[OH-]. The van der Waals surface area contributed by atoms with Crippen molar-refractivity contribution in [3.63, 3.8) is 0 Å². The maximum Gasteiger partial charge on any atom is 1.00 e. The first-order valence-electron chi connectivity index (χ1n) is 7.36. The van der Waals surface area contributed by atoms with Gasteiger partial charge in [-0.25, -0.2) is 0 Å². The van der Waals surface area contributed by atoms with Crippen molar-refractivity contribution in [2.24, 2.45) is 0 Å². The first-order valence-corrected chi connectivity index (χ1v) is 7.36. The van der Waals surface area contributed by atoms with Crippen molar-refractivity contribution < 1.29 is 51.9 Å². The van der Waals surface area contributed by atoms with E-state index in [2.05, 4.69) is 28.1 Å². The summed E-state index contributed by atoms with van der Waals surface area (Å²) in [6.07, 6.45) is 14.4. The minimum absolute atomic E-state index is 0. The first kappa shape index (κ1) is 28.4. The summed E-state index contributed by atoms with van der Waals surface area (Å²) in [7, 11) is 6.86. The van der Waals surface area contributed by atoms with Gasteiger partial charge in [0.1, 0.15) is 0 Å². The minimum atomic E-state index is 0. The molecule has 2 nitrogen and oxygen atoms in total.